The Morgan fingerprint density at radius 2 is 2.50 bits per heavy atom. The summed E-state index contributed by atoms with van der Waals surface area (Å²) in [5, 5.41) is 11.0. The van der Waals surface area contributed by atoms with E-state index in [9.17, 15) is 0 Å². The molecule has 0 amide bonds. The van der Waals surface area contributed by atoms with Gasteiger partial charge in [0.2, 0.25) is 5.28 Å². The molecule has 1 aromatic heterocycles. The SMILES string of the molecule is O/N=C/c1ccnc(Cl)n1. The zero-order chi connectivity index (χ0) is 7.40. The molecule has 0 unspecified atom stereocenters. The molecule has 0 aliphatic heterocycles. The average Bonchev–Trinajstić information content (AvgIpc) is 1.88. The highest BCUT2D eigenvalue weighted by Crippen LogP contribution is 1.97. The van der Waals surface area contributed by atoms with Crippen molar-refractivity contribution in [1.82, 2.24) is 9.97 Å². The Kier molecular flexibility index (Phi) is 2.17. The number of aromatic nitrogens is 2. The van der Waals surface area contributed by atoms with E-state index in [0.29, 0.717) is 5.69 Å². The summed E-state index contributed by atoms with van der Waals surface area (Å²) in [6.45, 7) is 0. The quantitative estimate of drug-likeness (QED) is 0.286. The van der Waals surface area contributed by atoms with Crippen LogP contribution in [0.25, 0.3) is 0 Å². The Balaban J connectivity index is 2.95. The number of halogens is 1. The lowest BCUT2D eigenvalue weighted by atomic mass is 10.4. The van der Waals surface area contributed by atoms with Crippen molar-refractivity contribution in [1.29, 1.82) is 0 Å². The topological polar surface area (TPSA) is 58.4 Å². The molecule has 1 heterocycles. The molecule has 0 aliphatic rings. The molecule has 0 saturated carbocycles. The van der Waals surface area contributed by atoms with Crippen molar-refractivity contribution >= 4 is 17.8 Å². The van der Waals surface area contributed by atoms with Gasteiger partial charge in [0.15, 0.2) is 0 Å². The highest BCUT2D eigenvalue weighted by Gasteiger charge is 1.90. The van der Waals surface area contributed by atoms with E-state index in [1.165, 1.54) is 12.4 Å². The van der Waals surface area contributed by atoms with Gasteiger partial charge >= 0.3 is 0 Å². The highest BCUT2D eigenvalue weighted by atomic mass is 35.5. The van der Waals surface area contributed by atoms with E-state index in [4.69, 9.17) is 16.8 Å². The Hall–Kier alpha value is -1.16. The third-order valence-electron chi connectivity index (χ3n) is 0.838. The standard InChI is InChI=1S/C5H4ClN3O/c6-5-7-2-1-4(9-5)3-8-10/h1-3,10H/b8-3+. The zero-order valence-electron chi connectivity index (χ0n) is 4.90. The molecule has 5 heteroatoms. The first kappa shape index (κ1) is 6.95. The third-order valence-corrected chi connectivity index (χ3v) is 1.02. The smallest absolute Gasteiger partial charge is 0.222 e. The summed E-state index contributed by atoms with van der Waals surface area (Å²) < 4.78 is 0. The summed E-state index contributed by atoms with van der Waals surface area (Å²) >= 11 is 5.42. The molecule has 0 saturated heterocycles. The maximum Gasteiger partial charge on any atom is 0.222 e. The van der Waals surface area contributed by atoms with Crippen LogP contribution in [0, 0.1) is 0 Å². The van der Waals surface area contributed by atoms with E-state index in [2.05, 4.69) is 15.1 Å². The van der Waals surface area contributed by atoms with Gasteiger partial charge in [0.1, 0.15) is 0 Å². The van der Waals surface area contributed by atoms with Gasteiger partial charge in [-0.15, -0.1) is 0 Å². The zero-order valence-corrected chi connectivity index (χ0v) is 5.65. The van der Waals surface area contributed by atoms with Crippen molar-refractivity contribution < 1.29 is 5.21 Å². The maximum absolute atomic E-state index is 8.08. The van der Waals surface area contributed by atoms with Crippen LogP contribution in [0.1, 0.15) is 5.69 Å². The summed E-state index contributed by atoms with van der Waals surface area (Å²) in [4.78, 5) is 7.34. The predicted octanol–water partition coefficient (Wildman–Crippen LogP) is 0.938. The summed E-state index contributed by atoms with van der Waals surface area (Å²) in [6, 6.07) is 1.58. The lowest BCUT2D eigenvalue weighted by molar-refractivity contribution is 0.321. The molecule has 0 bridgehead atoms. The van der Waals surface area contributed by atoms with Gasteiger partial charge in [0.05, 0.1) is 11.9 Å². The van der Waals surface area contributed by atoms with E-state index < -0.39 is 0 Å². The summed E-state index contributed by atoms with van der Waals surface area (Å²) in [5.41, 5.74) is 0.475. The molecule has 52 valence electrons. The van der Waals surface area contributed by atoms with Gasteiger partial charge in [-0.05, 0) is 17.7 Å². The Bertz CT molecular complexity index is 250. The molecule has 10 heavy (non-hydrogen) atoms. The number of oxime groups is 1. The van der Waals surface area contributed by atoms with Crippen LogP contribution in [-0.4, -0.2) is 21.4 Å². The first-order chi connectivity index (χ1) is 4.83. The normalized spacial score (nSPS) is 10.5. The molecule has 0 aromatic carbocycles. The van der Waals surface area contributed by atoms with Crippen LogP contribution >= 0.6 is 11.6 Å². The second-order valence-corrected chi connectivity index (χ2v) is 1.83. The van der Waals surface area contributed by atoms with Crippen molar-refractivity contribution in [3.63, 3.8) is 0 Å². The lowest BCUT2D eigenvalue weighted by Crippen LogP contribution is -1.88. The fourth-order valence-electron chi connectivity index (χ4n) is 0.479. The van der Waals surface area contributed by atoms with Crippen LogP contribution in [0.4, 0.5) is 0 Å². The minimum Gasteiger partial charge on any atom is -0.411 e. The second kappa shape index (κ2) is 3.12. The average molecular weight is 158 g/mol. The minimum atomic E-state index is 0.136. The van der Waals surface area contributed by atoms with E-state index in [0.717, 1.165) is 0 Å². The molecule has 1 aromatic rings. The van der Waals surface area contributed by atoms with E-state index in [1.54, 1.807) is 6.07 Å². The fourth-order valence-corrected chi connectivity index (χ4v) is 0.633. The van der Waals surface area contributed by atoms with Gasteiger partial charge in [-0.3, -0.25) is 0 Å². The van der Waals surface area contributed by atoms with E-state index in [1.807, 2.05) is 0 Å². The summed E-state index contributed by atoms with van der Waals surface area (Å²) in [6.07, 6.45) is 2.65. The molecule has 0 fully saturated rings. The molecule has 4 nitrogen and oxygen atoms in total. The molecule has 1 N–H and O–H groups in total. The Morgan fingerprint density at radius 3 is 3.10 bits per heavy atom. The van der Waals surface area contributed by atoms with Crippen LogP contribution in [0.5, 0.6) is 0 Å². The lowest BCUT2D eigenvalue weighted by Gasteiger charge is -1.88. The first-order valence-corrected chi connectivity index (χ1v) is 2.86. The monoisotopic (exact) mass is 157 g/mol. The molecule has 0 spiro atoms. The van der Waals surface area contributed by atoms with Gasteiger partial charge in [-0.25, -0.2) is 9.97 Å². The Morgan fingerprint density at radius 1 is 1.70 bits per heavy atom. The second-order valence-electron chi connectivity index (χ2n) is 1.50. The number of hydrogen-bond donors (Lipinski definition) is 1. The van der Waals surface area contributed by atoms with Crippen LogP contribution in [0.15, 0.2) is 17.4 Å². The molecule has 0 atom stereocenters. The van der Waals surface area contributed by atoms with E-state index >= 15 is 0 Å². The largest absolute Gasteiger partial charge is 0.411 e. The fraction of sp³-hybridized carbons (Fsp3) is 0. The molecular weight excluding hydrogens is 154 g/mol. The minimum absolute atomic E-state index is 0.136. The van der Waals surface area contributed by atoms with Crippen molar-refractivity contribution in [2.75, 3.05) is 0 Å². The summed E-state index contributed by atoms with van der Waals surface area (Å²) in [7, 11) is 0. The van der Waals surface area contributed by atoms with Crippen LogP contribution < -0.4 is 0 Å². The molecule has 0 radical (unpaired) electrons. The molecular formula is C5H4ClN3O. The van der Waals surface area contributed by atoms with Crippen LogP contribution in [0.2, 0.25) is 5.28 Å². The first-order valence-electron chi connectivity index (χ1n) is 2.49. The molecule has 1 rings (SSSR count). The van der Waals surface area contributed by atoms with Crippen molar-refractivity contribution in [3.05, 3.63) is 23.2 Å². The van der Waals surface area contributed by atoms with Gasteiger partial charge in [0, 0.05) is 6.20 Å². The number of rotatable bonds is 1. The van der Waals surface area contributed by atoms with Crippen molar-refractivity contribution in [3.8, 4) is 0 Å². The number of hydrogen-bond acceptors (Lipinski definition) is 4. The maximum atomic E-state index is 8.08. The summed E-state index contributed by atoms with van der Waals surface area (Å²) in [5.74, 6) is 0. The third kappa shape index (κ3) is 1.66. The number of nitrogens with zero attached hydrogens (tertiary/aromatic N) is 3. The molecule has 0 aliphatic carbocycles. The van der Waals surface area contributed by atoms with Crippen molar-refractivity contribution in [2.24, 2.45) is 5.16 Å². The highest BCUT2D eigenvalue weighted by molar-refractivity contribution is 6.28. The Labute approximate surface area is 62.2 Å². The predicted molar refractivity (Wildman–Crippen MR) is 36.4 cm³/mol. The van der Waals surface area contributed by atoms with Gasteiger partial charge < -0.3 is 5.21 Å². The van der Waals surface area contributed by atoms with Crippen LogP contribution in [0.3, 0.4) is 0 Å². The van der Waals surface area contributed by atoms with Gasteiger partial charge in [-0.1, -0.05) is 5.16 Å². The van der Waals surface area contributed by atoms with Gasteiger partial charge in [0.25, 0.3) is 0 Å². The van der Waals surface area contributed by atoms with Gasteiger partial charge in [-0.2, -0.15) is 0 Å². The van der Waals surface area contributed by atoms with Crippen molar-refractivity contribution in [2.45, 2.75) is 0 Å². The van der Waals surface area contributed by atoms with E-state index in [-0.39, 0.29) is 5.28 Å². The van der Waals surface area contributed by atoms with Crippen LogP contribution in [-0.2, 0) is 0 Å².